The number of ether oxygens (including phenoxy) is 1. The highest BCUT2D eigenvalue weighted by molar-refractivity contribution is 5.95. The highest BCUT2D eigenvalue weighted by Crippen LogP contribution is 2.32. The highest BCUT2D eigenvalue weighted by atomic mass is 16.5. The average molecular weight is 221 g/mol. The van der Waals surface area contributed by atoms with E-state index >= 15 is 0 Å². The van der Waals surface area contributed by atoms with Gasteiger partial charge in [0.1, 0.15) is 11.4 Å². The number of aromatic nitrogens is 1. The minimum Gasteiger partial charge on any atom is -0.492 e. The Kier molecular flexibility index (Phi) is 3.24. The summed E-state index contributed by atoms with van der Waals surface area (Å²) in [5, 5.41) is 11.3. The Bertz CT molecular complexity index is 371. The molecule has 5 nitrogen and oxygen atoms in total. The first-order chi connectivity index (χ1) is 7.79. The summed E-state index contributed by atoms with van der Waals surface area (Å²) in [6.07, 6.45) is 5.37. The van der Waals surface area contributed by atoms with Crippen molar-refractivity contribution >= 4 is 5.84 Å². The molecule has 1 saturated carbocycles. The minimum atomic E-state index is 0.00419. The quantitative estimate of drug-likeness (QED) is 0.340. The van der Waals surface area contributed by atoms with E-state index in [-0.39, 0.29) is 5.84 Å². The van der Waals surface area contributed by atoms with Crippen LogP contribution in [0.1, 0.15) is 25.0 Å². The van der Waals surface area contributed by atoms with Crippen LogP contribution in [0.15, 0.2) is 23.5 Å². The fourth-order valence-electron chi connectivity index (χ4n) is 1.42. The first-order valence-corrected chi connectivity index (χ1v) is 5.36. The van der Waals surface area contributed by atoms with Gasteiger partial charge < -0.3 is 15.7 Å². The Labute approximate surface area is 93.9 Å². The summed E-state index contributed by atoms with van der Waals surface area (Å²) in [6, 6.07) is 3.44. The van der Waals surface area contributed by atoms with Gasteiger partial charge >= 0.3 is 0 Å². The molecular formula is C11H15N3O2. The largest absolute Gasteiger partial charge is 0.492 e. The molecule has 86 valence electrons. The SMILES string of the molecule is N/C(=N/O)c1ccc(OCCC2CC2)cn1. The third-order valence-electron chi connectivity index (χ3n) is 2.60. The van der Waals surface area contributed by atoms with Crippen LogP contribution >= 0.6 is 0 Å². The zero-order valence-electron chi connectivity index (χ0n) is 8.97. The van der Waals surface area contributed by atoms with Crippen LogP contribution in [0, 0.1) is 5.92 Å². The Hall–Kier alpha value is -1.78. The van der Waals surface area contributed by atoms with Gasteiger partial charge in [0.05, 0.1) is 12.8 Å². The number of nitrogens with two attached hydrogens (primary N) is 1. The molecule has 1 fully saturated rings. The van der Waals surface area contributed by atoms with Gasteiger partial charge in [0.15, 0.2) is 5.84 Å². The third-order valence-corrected chi connectivity index (χ3v) is 2.60. The molecule has 0 aliphatic heterocycles. The molecule has 0 unspecified atom stereocenters. The lowest BCUT2D eigenvalue weighted by Gasteiger charge is -2.05. The Morgan fingerprint density at radius 1 is 1.56 bits per heavy atom. The first-order valence-electron chi connectivity index (χ1n) is 5.36. The molecule has 0 saturated heterocycles. The van der Waals surface area contributed by atoms with E-state index in [4.69, 9.17) is 15.7 Å². The van der Waals surface area contributed by atoms with Crippen molar-refractivity contribution in [2.45, 2.75) is 19.3 Å². The van der Waals surface area contributed by atoms with Crippen LogP contribution in [-0.4, -0.2) is 22.6 Å². The van der Waals surface area contributed by atoms with E-state index in [1.165, 1.54) is 12.8 Å². The predicted octanol–water partition coefficient (Wildman–Crippen LogP) is 1.35. The maximum absolute atomic E-state index is 8.46. The number of hydrogen-bond donors (Lipinski definition) is 2. The lowest BCUT2D eigenvalue weighted by molar-refractivity contribution is 0.301. The second kappa shape index (κ2) is 4.83. The summed E-state index contributed by atoms with van der Waals surface area (Å²) >= 11 is 0. The summed E-state index contributed by atoms with van der Waals surface area (Å²) in [6.45, 7) is 0.731. The average Bonchev–Trinajstić information content (AvgIpc) is 3.13. The van der Waals surface area contributed by atoms with Gasteiger partial charge in [0.25, 0.3) is 0 Å². The molecule has 5 heteroatoms. The van der Waals surface area contributed by atoms with Crippen LogP contribution in [0.2, 0.25) is 0 Å². The van der Waals surface area contributed by atoms with Gasteiger partial charge in [-0.05, 0) is 24.5 Å². The number of oxime groups is 1. The van der Waals surface area contributed by atoms with Gasteiger partial charge in [0, 0.05) is 0 Å². The molecule has 1 aliphatic rings. The Morgan fingerprint density at radius 3 is 2.94 bits per heavy atom. The number of rotatable bonds is 5. The number of amidine groups is 1. The molecule has 3 N–H and O–H groups in total. The van der Waals surface area contributed by atoms with Crippen LogP contribution in [0.3, 0.4) is 0 Å². The van der Waals surface area contributed by atoms with Crippen molar-refractivity contribution in [3.05, 3.63) is 24.0 Å². The molecular weight excluding hydrogens is 206 g/mol. The van der Waals surface area contributed by atoms with Crippen LogP contribution in [0.25, 0.3) is 0 Å². The monoisotopic (exact) mass is 221 g/mol. The van der Waals surface area contributed by atoms with Crippen molar-refractivity contribution in [3.63, 3.8) is 0 Å². The van der Waals surface area contributed by atoms with E-state index in [0.29, 0.717) is 5.69 Å². The summed E-state index contributed by atoms with van der Waals surface area (Å²) in [7, 11) is 0. The van der Waals surface area contributed by atoms with Gasteiger partial charge in [-0.15, -0.1) is 0 Å². The second-order valence-electron chi connectivity index (χ2n) is 3.94. The fraction of sp³-hybridized carbons (Fsp3) is 0.455. The van der Waals surface area contributed by atoms with Gasteiger partial charge in [-0.3, -0.25) is 0 Å². The minimum absolute atomic E-state index is 0.00419. The van der Waals surface area contributed by atoms with Crippen LogP contribution < -0.4 is 10.5 Å². The summed E-state index contributed by atoms with van der Waals surface area (Å²) in [5.74, 6) is 1.59. The molecule has 2 rings (SSSR count). The molecule has 0 spiro atoms. The van der Waals surface area contributed by atoms with Crippen LogP contribution in [0.5, 0.6) is 5.75 Å². The number of pyridine rings is 1. The zero-order valence-corrected chi connectivity index (χ0v) is 8.97. The van der Waals surface area contributed by atoms with Crippen molar-refractivity contribution in [3.8, 4) is 5.75 Å². The van der Waals surface area contributed by atoms with Gasteiger partial charge in [-0.1, -0.05) is 18.0 Å². The normalized spacial score (nSPS) is 16.1. The second-order valence-corrected chi connectivity index (χ2v) is 3.94. The van der Waals surface area contributed by atoms with Crippen molar-refractivity contribution in [1.29, 1.82) is 0 Å². The maximum atomic E-state index is 8.46. The van der Waals surface area contributed by atoms with Gasteiger partial charge in [0.2, 0.25) is 0 Å². The summed E-state index contributed by atoms with van der Waals surface area (Å²) in [4.78, 5) is 4.02. The number of nitrogens with zero attached hydrogens (tertiary/aromatic N) is 2. The molecule has 16 heavy (non-hydrogen) atoms. The lowest BCUT2D eigenvalue weighted by Crippen LogP contribution is -2.14. The van der Waals surface area contributed by atoms with Gasteiger partial charge in [-0.2, -0.15) is 0 Å². The first kappa shape index (κ1) is 10.7. The van der Waals surface area contributed by atoms with E-state index in [0.717, 1.165) is 24.7 Å². The van der Waals surface area contributed by atoms with Crippen molar-refractivity contribution in [2.24, 2.45) is 16.8 Å². The van der Waals surface area contributed by atoms with Gasteiger partial charge in [-0.25, -0.2) is 4.98 Å². The molecule has 0 amide bonds. The molecule has 0 aromatic carbocycles. The number of hydrogen-bond acceptors (Lipinski definition) is 4. The molecule has 0 radical (unpaired) electrons. The molecule has 0 bridgehead atoms. The van der Waals surface area contributed by atoms with E-state index in [1.54, 1.807) is 18.3 Å². The van der Waals surface area contributed by atoms with E-state index in [2.05, 4.69) is 10.1 Å². The third kappa shape index (κ3) is 2.85. The topological polar surface area (TPSA) is 80.7 Å². The summed E-state index contributed by atoms with van der Waals surface area (Å²) < 4.78 is 5.52. The van der Waals surface area contributed by atoms with E-state index in [1.807, 2.05) is 0 Å². The van der Waals surface area contributed by atoms with E-state index < -0.39 is 0 Å². The predicted molar refractivity (Wildman–Crippen MR) is 59.6 cm³/mol. The Morgan fingerprint density at radius 2 is 2.38 bits per heavy atom. The molecule has 1 aromatic rings. The molecule has 1 aromatic heterocycles. The fourth-order valence-corrected chi connectivity index (χ4v) is 1.42. The zero-order chi connectivity index (χ0) is 11.4. The van der Waals surface area contributed by atoms with Crippen LogP contribution in [-0.2, 0) is 0 Å². The molecule has 1 aliphatic carbocycles. The van der Waals surface area contributed by atoms with Crippen molar-refractivity contribution < 1.29 is 9.94 Å². The highest BCUT2D eigenvalue weighted by Gasteiger charge is 2.20. The standard InChI is InChI=1S/C11H15N3O2/c12-11(14-15)10-4-3-9(7-13-10)16-6-5-8-1-2-8/h3-4,7-8,15H,1-2,5-6H2,(H2,12,14). The summed E-state index contributed by atoms with van der Waals surface area (Å²) in [5.41, 5.74) is 5.83. The maximum Gasteiger partial charge on any atom is 0.188 e. The van der Waals surface area contributed by atoms with E-state index in [9.17, 15) is 0 Å². The van der Waals surface area contributed by atoms with Crippen LogP contribution in [0.4, 0.5) is 0 Å². The molecule has 1 heterocycles. The lowest BCUT2D eigenvalue weighted by atomic mass is 10.3. The van der Waals surface area contributed by atoms with Crippen molar-refractivity contribution in [2.75, 3.05) is 6.61 Å². The van der Waals surface area contributed by atoms with Crippen molar-refractivity contribution in [1.82, 2.24) is 4.98 Å². The molecule has 0 atom stereocenters. The Balaban J connectivity index is 1.85. The smallest absolute Gasteiger partial charge is 0.188 e.